The number of carbonyl (C=O) groups is 1. The van der Waals surface area contributed by atoms with Gasteiger partial charge < -0.3 is 0 Å². The number of benzene rings is 3. The lowest BCUT2D eigenvalue weighted by atomic mass is 10.1. The maximum atomic E-state index is 12.8. The molecule has 0 unspecified atom stereocenters. The number of amides is 1. The molecular weight excluding hydrogens is 408 g/mol. The Kier molecular flexibility index (Phi) is 6.15. The maximum absolute atomic E-state index is 12.8. The molecule has 0 saturated heterocycles. The molecule has 0 saturated carbocycles. The van der Waals surface area contributed by atoms with Gasteiger partial charge in [0.2, 0.25) is 5.82 Å². The van der Waals surface area contributed by atoms with Gasteiger partial charge in [-0.1, -0.05) is 84.4 Å². The van der Waals surface area contributed by atoms with Gasteiger partial charge >= 0.3 is 5.91 Å². The molecule has 152 valence electrons. The molecule has 0 aliphatic carbocycles. The predicted molar refractivity (Wildman–Crippen MR) is 124 cm³/mol. The van der Waals surface area contributed by atoms with Gasteiger partial charge in [0, 0.05) is 16.1 Å². The second-order valence-electron chi connectivity index (χ2n) is 6.84. The van der Waals surface area contributed by atoms with E-state index < -0.39 is 5.91 Å². The summed E-state index contributed by atoms with van der Waals surface area (Å²) >= 11 is 5.93. The number of nitrogens with zero attached hydrogens (tertiary/aromatic N) is 3. The minimum atomic E-state index is -0.483. The lowest BCUT2D eigenvalue weighted by Crippen LogP contribution is -2.22. The molecule has 1 aromatic heterocycles. The van der Waals surface area contributed by atoms with Gasteiger partial charge in [0.05, 0.1) is 17.1 Å². The summed E-state index contributed by atoms with van der Waals surface area (Å²) in [5.41, 5.74) is 7.19. The van der Waals surface area contributed by atoms with Crippen LogP contribution < -0.4 is 5.43 Å². The second-order valence-corrected chi connectivity index (χ2v) is 7.28. The summed E-state index contributed by atoms with van der Waals surface area (Å²) in [5.74, 6) is -0.434. The normalized spacial score (nSPS) is 11.2. The van der Waals surface area contributed by atoms with E-state index in [1.54, 1.807) is 19.1 Å². The summed E-state index contributed by atoms with van der Waals surface area (Å²) in [6.45, 7) is 1.81. The first kappa shape index (κ1) is 20.4. The Hall–Kier alpha value is -3.83. The highest BCUT2D eigenvalue weighted by atomic mass is 35.5. The standard InChI is InChI=1S/C25H19ClN4O/c1-17(18-12-14-21(26)15-13-18)29-30-25(31)24-27-22(19-8-4-2-5-9-19)16-23(28-24)20-10-6-3-7-11-20/h2-16H,1H3,(H,30,31)/b29-17+. The van der Waals surface area contributed by atoms with Crippen LogP contribution in [0.1, 0.15) is 23.1 Å². The molecule has 6 heteroatoms. The molecule has 0 fully saturated rings. The van der Waals surface area contributed by atoms with Gasteiger partial charge in [-0.25, -0.2) is 15.4 Å². The fraction of sp³-hybridized carbons (Fsp3) is 0.0400. The van der Waals surface area contributed by atoms with Crippen LogP contribution in [0.4, 0.5) is 0 Å². The van der Waals surface area contributed by atoms with Crippen LogP contribution in [0, 0.1) is 0 Å². The zero-order valence-electron chi connectivity index (χ0n) is 16.8. The molecule has 5 nitrogen and oxygen atoms in total. The van der Waals surface area contributed by atoms with Crippen LogP contribution in [0.3, 0.4) is 0 Å². The Morgan fingerprint density at radius 3 is 1.84 bits per heavy atom. The summed E-state index contributed by atoms with van der Waals surface area (Å²) in [5, 5.41) is 4.84. The van der Waals surface area contributed by atoms with Crippen molar-refractivity contribution in [3.63, 3.8) is 0 Å². The van der Waals surface area contributed by atoms with E-state index in [9.17, 15) is 4.79 Å². The van der Waals surface area contributed by atoms with Gasteiger partial charge in [-0.2, -0.15) is 5.10 Å². The van der Waals surface area contributed by atoms with Crippen molar-refractivity contribution in [3.05, 3.63) is 107 Å². The van der Waals surface area contributed by atoms with E-state index in [1.165, 1.54) is 0 Å². The van der Waals surface area contributed by atoms with Crippen molar-refractivity contribution in [2.75, 3.05) is 0 Å². The zero-order chi connectivity index (χ0) is 21.6. The third-order valence-electron chi connectivity index (χ3n) is 4.66. The molecule has 0 radical (unpaired) electrons. The molecule has 0 aliphatic rings. The summed E-state index contributed by atoms with van der Waals surface area (Å²) in [6.07, 6.45) is 0. The first-order valence-electron chi connectivity index (χ1n) is 9.70. The van der Waals surface area contributed by atoms with E-state index in [1.807, 2.05) is 78.9 Å². The van der Waals surface area contributed by atoms with Crippen LogP contribution in [0.5, 0.6) is 0 Å². The molecule has 1 heterocycles. The molecule has 3 aromatic carbocycles. The Balaban J connectivity index is 1.67. The fourth-order valence-corrected chi connectivity index (χ4v) is 3.13. The van der Waals surface area contributed by atoms with Crippen molar-refractivity contribution in [3.8, 4) is 22.5 Å². The van der Waals surface area contributed by atoms with Gasteiger partial charge in [0.1, 0.15) is 0 Å². The first-order chi connectivity index (χ1) is 15.1. The van der Waals surface area contributed by atoms with E-state index in [2.05, 4.69) is 20.5 Å². The molecule has 0 aliphatic heterocycles. The van der Waals surface area contributed by atoms with Crippen molar-refractivity contribution >= 4 is 23.2 Å². The van der Waals surface area contributed by atoms with Crippen LogP contribution in [0.2, 0.25) is 5.02 Å². The third-order valence-corrected chi connectivity index (χ3v) is 4.91. The molecular formula is C25H19ClN4O. The minimum Gasteiger partial charge on any atom is -0.264 e. The van der Waals surface area contributed by atoms with Crippen molar-refractivity contribution in [2.45, 2.75) is 6.92 Å². The molecule has 0 bridgehead atoms. The molecule has 0 atom stereocenters. The van der Waals surface area contributed by atoms with Gasteiger partial charge in [0.15, 0.2) is 0 Å². The second kappa shape index (κ2) is 9.32. The number of aromatic nitrogens is 2. The van der Waals surface area contributed by atoms with Gasteiger partial charge in [-0.3, -0.25) is 4.79 Å². The highest BCUT2D eigenvalue weighted by molar-refractivity contribution is 6.30. The van der Waals surface area contributed by atoms with E-state index in [0.29, 0.717) is 22.1 Å². The molecule has 0 spiro atoms. The van der Waals surface area contributed by atoms with Crippen molar-refractivity contribution in [2.24, 2.45) is 5.10 Å². The lowest BCUT2D eigenvalue weighted by Gasteiger charge is -2.08. The van der Waals surface area contributed by atoms with Gasteiger partial charge in [0.25, 0.3) is 0 Å². The number of nitrogens with one attached hydrogen (secondary N) is 1. The Bertz CT molecular complexity index is 1170. The molecule has 1 N–H and O–H groups in total. The Morgan fingerprint density at radius 1 is 0.806 bits per heavy atom. The number of hydrazone groups is 1. The summed E-state index contributed by atoms with van der Waals surface area (Å²) < 4.78 is 0. The zero-order valence-corrected chi connectivity index (χ0v) is 17.5. The quantitative estimate of drug-likeness (QED) is 0.332. The van der Waals surface area contributed by atoms with Crippen LogP contribution in [-0.2, 0) is 0 Å². The number of halogens is 1. The number of hydrogen-bond donors (Lipinski definition) is 1. The number of carbonyl (C=O) groups excluding carboxylic acids is 1. The summed E-state index contributed by atoms with van der Waals surface area (Å²) in [7, 11) is 0. The van der Waals surface area contributed by atoms with Gasteiger partial charge in [-0.15, -0.1) is 0 Å². The fourth-order valence-electron chi connectivity index (χ4n) is 3.00. The maximum Gasteiger partial charge on any atom is 0.309 e. The smallest absolute Gasteiger partial charge is 0.264 e. The number of rotatable bonds is 5. The van der Waals surface area contributed by atoms with Crippen LogP contribution in [-0.4, -0.2) is 21.6 Å². The topological polar surface area (TPSA) is 67.2 Å². The molecule has 1 amide bonds. The van der Waals surface area contributed by atoms with Crippen molar-refractivity contribution < 1.29 is 4.79 Å². The Labute approximate surface area is 185 Å². The van der Waals surface area contributed by atoms with Crippen LogP contribution in [0.15, 0.2) is 96.1 Å². The Morgan fingerprint density at radius 2 is 1.32 bits per heavy atom. The van der Waals surface area contributed by atoms with E-state index in [0.717, 1.165) is 16.7 Å². The summed E-state index contributed by atoms with van der Waals surface area (Å²) in [6, 6.07) is 28.5. The van der Waals surface area contributed by atoms with Crippen molar-refractivity contribution in [1.29, 1.82) is 0 Å². The first-order valence-corrected chi connectivity index (χ1v) is 10.1. The highest BCUT2D eigenvalue weighted by Gasteiger charge is 2.14. The average molecular weight is 427 g/mol. The van der Waals surface area contributed by atoms with Crippen molar-refractivity contribution in [1.82, 2.24) is 15.4 Å². The third kappa shape index (κ3) is 5.02. The molecule has 31 heavy (non-hydrogen) atoms. The number of hydrogen-bond acceptors (Lipinski definition) is 4. The predicted octanol–water partition coefficient (Wildman–Crippen LogP) is 5.62. The summed E-state index contributed by atoms with van der Waals surface area (Å²) in [4.78, 5) is 21.8. The molecule has 4 rings (SSSR count). The van der Waals surface area contributed by atoms with Crippen LogP contribution in [0.25, 0.3) is 22.5 Å². The average Bonchev–Trinajstić information content (AvgIpc) is 2.83. The highest BCUT2D eigenvalue weighted by Crippen LogP contribution is 2.23. The minimum absolute atomic E-state index is 0.0489. The van der Waals surface area contributed by atoms with E-state index in [-0.39, 0.29) is 5.82 Å². The SMILES string of the molecule is C/C(=N\NC(=O)c1nc(-c2ccccc2)cc(-c2ccccc2)n1)c1ccc(Cl)cc1. The monoisotopic (exact) mass is 426 g/mol. The van der Waals surface area contributed by atoms with E-state index in [4.69, 9.17) is 11.6 Å². The largest absolute Gasteiger partial charge is 0.309 e. The van der Waals surface area contributed by atoms with Gasteiger partial charge in [-0.05, 0) is 30.7 Å². The van der Waals surface area contributed by atoms with Crippen LogP contribution >= 0.6 is 11.6 Å². The lowest BCUT2D eigenvalue weighted by molar-refractivity contribution is 0.0944. The van der Waals surface area contributed by atoms with E-state index >= 15 is 0 Å². The molecule has 4 aromatic rings.